The van der Waals surface area contributed by atoms with Gasteiger partial charge in [-0.2, -0.15) is 0 Å². The van der Waals surface area contributed by atoms with Gasteiger partial charge in [-0.1, -0.05) is 270 Å². The zero-order valence-corrected chi connectivity index (χ0v) is 53.6. The minimum absolute atomic E-state index is 0. The van der Waals surface area contributed by atoms with Gasteiger partial charge in [-0.25, -0.2) is 20.2 Å². The Kier molecular flexibility index (Phi) is 15.4. The number of benzene rings is 6. The molecule has 0 saturated carbocycles. The Bertz CT molecular complexity index is 3940. The number of rotatable bonds is 6. The second kappa shape index (κ2) is 21.8. The van der Waals surface area contributed by atoms with Crippen LogP contribution in [0.15, 0.2) is 146 Å². The molecule has 3 aromatic heterocycles. The van der Waals surface area contributed by atoms with E-state index in [-0.39, 0.29) is 61.1 Å². The van der Waals surface area contributed by atoms with Gasteiger partial charge in [-0.15, -0.1) is 0 Å². The van der Waals surface area contributed by atoms with Crippen LogP contribution in [0.1, 0.15) is 204 Å². The van der Waals surface area contributed by atoms with Crippen molar-refractivity contribution in [2.45, 2.75) is 157 Å². The topological polar surface area (TPSA) is 131 Å². The SMILES string of the molecule is CC(C)(C)c1ccc(C2=C(c3ccc(C(C)(C)C)cc3)c3nc2nc2nnc(nc4nc(nc5[n-]c(n3)c(-c3ccc(C(C)(C)C)cc3)c5-c3ccc(C(C)(C)C)cc3)C(c3ccc(C(C)(C)C)cc3)=C4c3ccc(C(C)(C)C)cc3)[n-]2)cc1.[Cu+2]. The van der Waals surface area contributed by atoms with Crippen LogP contribution in [0, 0.1) is 0 Å². The van der Waals surface area contributed by atoms with Crippen LogP contribution < -0.4 is 9.97 Å². The molecule has 5 heterocycles. The molecule has 0 spiro atoms. The van der Waals surface area contributed by atoms with Crippen molar-refractivity contribution in [1.29, 1.82) is 0 Å². The number of hydrogen-bond donors (Lipinski definition) is 0. The third-order valence-corrected chi connectivity index (χ3v) is 16.2. The second-order valence-corrected chi connectivity index (χ2v) is 28.9. The Labute approximate surface area is 513 Å². The maximum Gasteiger partial charge on any atom is 2.00 e. The molecule has 0 fully saturated rings. The van der Waals surface area contributed by atoms with E-state index in [1.165, 1.54) is 33.4 Å². The van der Waals surface area contributed by atoms with Crippen molar-refractivity contribution in [3.8, 4) is 22.3 Å². The van der Waals surface area contributed by atoms with Gasteiger partial charge in [0.05, 0.1) is 11.6 Å². The molecule has 0 aliphatic carbocycles. The van der Waals surface area contributed by atoms with Gasteiger partial charge < -0.3 is 15.0 Å². The Balaban J connectivity index is 0.00000803. The zero-order chi connectivity index (χ0) is 60.1. The number of nitrogens with zero attached hydrogens (tertiary/aromatic N) is 10. The second-order valence-electron chi connectivity index (χ2n) is 28.9. The fraction of sp³-hybridized carbons (Fsp3) is 0.324. The summed E-state index contributed by atoms with van der Waals surface area (Å²) >= 11 is 0. The van der Waals surface area contributed by atoms with Crippen molar-refractivity contribution in [3.63, 3.8) is 0 Å². The van der Waals surface area contributed by atoms with E-state index in [0.29, 0.717) is 34.6 Å². The van der Waals surface area contributed by atoms with E-state index in [1.54, 1.807) is 0 Å². The molecule has 0 atom stereocenters. The van der Waals surface area contributed by atoms with Crippen LogP contribution in [0.4, 0.5) is 0 Å². The summed E-state index contributed by atoms with van der Waals surface area (Å²) in [6.45, 7) is 40.2. The van der Waals surface area contributed by atoms with Crippen LogP contribution in [0.25, 0.3) is 67.4 Å². The normalized spacial score (nSPS) is 13.6. The molecular formula is C74H78CuN10. The maximum atomic E-state index is 5.72. The summed E-state index contributed by atoms with van der Waals surface area (Å²) in [5.74, 6) is 1.85. The molecule has 1 radical (unpaired) electrons. The first-order valence-electron chi connectivity index (χ1n) is 29.4. The summed E-state index contributed by atoms with van der Waals surface area (Å²) in [6.07, 6.45) is 0. The monoisotopic (exact) mass is 1170 g/mol. The Hall–Kier alpha value is -7.98. The molecule has 2 aliphatic heterocycles. The first-order valence-corrected chi connectivity index (χ1v) is 29.4. The van der Waals surface area contributed by atoms with Crippen LogP contribution in [-0.4, -0.2) is 40.1 Å². The van der Waals surface area contributed by atoms with E-state index in [4.69, 9.17) is 39.9 Å². The third kappa shape index (κ3) is 12.2. The van der Waals surface area contributed by atoms with E-state index in [2.05, 4.69) is 280 Å². The van der Waals surface area contributed by atoms with Crippen molar-refractivity contribution < 1.29 is 17.1 Å². The number of fused-ring (bicyclic) bond motifs is 8. The summed E-state index contributed by atoms with van der Waals surface area (Å²) in [5.41, 5.74) is 17.9. The van der Waals surface area contributed by atoms with Crippen LogP contribution in [0.2, 0.25) is 0 Å². The molecule has 0 saturated heterocycles. The van der Waals surface area contributed by atoms with Gasteiger partial charge in [0.25, 0.3) is 0 Å². The first kappa shape index (κ1) is 60.2. The molecule has 2 aliphatic rings. The van der Waals surface area contributed by atoms with Gasteiger partial charge in [0.2, 0.25) is 0 Å². The van der Waals surface area contributed by atoms with E-state index in [0.717, 1.165) is 66.8 Å². The largest absolute Gasteiger partial charge is 2.00 e. The first-order chi connectivity index (χ1) is 39.4. The fourth-order valence-electron chi connectivity index (χ4n) is 11.0. The zero-order valence-electron chi connectivity index (χ0n) is 52.6. The summed E-state index contributed by atoms with van der Waals surface area (Å²) in [4.78, 5) is 43.3. The van der Waals surface area contributed by atoms with E-state index >= 15 is 0 Å². The summed E-state index contributed by atoms with van der Waals surface area (Å²) in [5, 5.41) is 9.16. The molecule has 8 bridgehead atoms. The molecule has 0 amide bonds. The van der Waals surface area contributed by atoms with E-state index < -0.39 is 0 Å². The van der Waals surface area contributed by atoms with Crippen LogP contribution in [-0.2, 0) is 49.6 Å². The average molecular weight is 1170 g/mol. The van der Waals surface area contributed by atoms with Gasteiger partial charge in [0, 0.05) is 44.7 Å². The molecule has 11 heteroatoms. The summed E-state index contributed by atoms with van der Waals surface area (Å²) in [7, 11) is 0. The van der Waals surface area contributed by atoms with Crippen molar-refractivity contribution in [3.05, 3.63) is 225 Å². The van der Waals surface area contributed by atoms with E-state index in [9.17, 15) is 0 Å². The van der Waals surface area contributed by atoms with Crippen molar-refractivity contribution in [2.75, 3.05) is 0 Å². The number of aromatic nitrogens is 10. The quantitative estimate of drug-likeness (QED) is 0.148. The van der Waals surface area contributed by atoms with Crippen molar-refractivity contribution in [2.24, 2.45) is 0 Å². The molecule has 0 unspecified atom stereocenters. The Morgan fingerprint density at radius 2 is 0.435 bits per heavy atom. The van der Waals surface area contributed by atoms with Crippen molar-refractivity contribution >= 4 is 45.1 Å². The standard InChI is InChI=1S/C74H78N10.Cu/c1-69(2,3)49-31-19-43(20-32-49)55-56(44-21-33-50(34-22-44)70(4,5)6)62-75-61(55)76-63-57(45-23-35-51(36-24-45)71(7,8)9)59(47-27-39-53(40-28-47)73(13,14)15)65(78-63)80-67-82-68(84-83-67)81-66-60(48-29-41-54(42-30-48)74(16,17)18)58(64(77-62)79-66)46-25-37-52(38-26-46)72(10,11)12;/h19-42H,1-18H3;/q-2;+2. The maximum absolute atomic E-state index is 5.72. The van der Waals surface area contributed by atoms with Gasteiger partial charge in [-0.05, 0) is 99.3 Å². The third-order valence-electron chi connectivity index (χ3n) is 16.2. The number of hydrogen-bond acceptors (Lipinski definition) is 8. The van der Waals surface area contributed by atoms with Gasteiger partial charge >= 0.3 is 17.1 Å². The van der Waals surface area contributed by atoms with Crippen molar-refractivity contribution in [1.82, 2.24) is 50.1 Å². The fourth-order valence-corrected chi connectivity index (χ4v) is 11.0. The predicted molar refractivity (Wildman–Crippen MR) is 345 cm³/mol. The molecular weight excluding hydrogens is 1090 g/mol. The van der Waals surface area contributed by atoms with Gasteiger partial charge in [-0.3, -0.25) is 15.0 Å². The van der Waals surface area contributed by atoms with E-state index in [1.807, 2.05) is 0 Å². The summed E-state index contributed by atoms with van der Waals surface area (Å²) < 4.78 is 0. The van der Waals surface area contributed by atoms with Gasteiger partial charge in [0.15, 0.2) is 0 Å². The molecule has 435 valence electrons. The smallest absolute Gasteiger partial charge is 0.357 e. The van der Waals surface area contributed by atoms with Crippen LogP contribution in [0.5, 0.6) is 0 Å². The Morgan fingerprint density at radius 3 is 0.647 bits per heavy atom. The average Bonchev–Trinajstić information content (AvgIpc) is 1.81. The van der Waals surface area contributed by atoms with Crippen LogP contribution in [0.3, 0.4) is 0 Å². The minimum atomic E-state index is -0.0933. The van der Waals surface area contributed by atoms with Crippen LogP contribution >= 0.6 is 0 Å². The predicted octanol–water partition coefficient (Wildman–Crippen LogP) is 17.1. The molecule has 0 N–H and O–H groups in total. The Morgan fingerprint density at radius 1 is 0.235 bits per heavy atom. The van der Waals surface area contributed by atoms with Gasteiger partial charge in [0.1, 0.15) is 23.2 Å². The summed E-state index contributed by atoms with van der Waals surface area (Å²) in [6, 6.07) is 52.5. The molecule has 11 rings (SSSR count). The molecule has 6 aromatic carbocycles. The molecule has 10 nitrogen and oxygen atoms in total. The minimum Gasteiger partial charge on any atom is -0.357 e. The molecule has 85 heavy (non-hydrogen) atoms. The molecule has 9 aromatic rings.